The molecule has 0 radical (unpaired) electrons. The van der Waals surface area contributed by atoms with Crippen molar-refractivity contribution in [3.63, 3.8) is 0 Å². The summed E-state index contributed by atoms with van der Waals surface area (Å²) in [6.07, 6.45) is 0.747. The molecule has 2 aromatic carbocycles. The number of amides is 1. The van der Waals surface area contributed by atoms with Gasteiger partial charge in [0.15, 0.2) is 5.71 Å². The molecule has 0 fully saturated rings. The molecule has 0 atom stereocenters. The number of nitrogens with zero attached hydrogens (tertiary/aromatic N) is 3. The molecule has 3 aromatic rings. The summed E-state index contributed by atoms with van der Waals surface area (Å²) in [5, 5.41) is 6.64. The van der Waals surface area contributed by atoms with Crippen LogP contribution in [0.5, 0.6) is 0 Å². The number of hydrogen-bond donors (Lipinski definition) is 1. The molecule has 1 aromatic heterocycles. The van der Waals surface area contributed by atoms with Crippen LogP contribution >= 0.6 is 23.2 Å². The van der Waals surface area contributed by atoms with E-state index in [2.05, 4.69) is 10.1 Å². The van der Waals surface area contributed by atoms with Crippen LogP contribution in [0.1, 0.15) is 16.8 Å². The van der Waals surface area contributed by atoms with Crippen molar-refractivity contribution >= 4 is 45.7 Å². The minimum absolute atomic E-state index is 0.172. The largest absolute Gasteiger partial charge is 0.394 e. The number of rotatable bonds is 6. The van der Waals surface area contributed by atoms with E-state index in [0.717, 1.165) is 23.0 Å². The van der Waals surface area contributed by atoms with Gasteiger partial charge in [-0.2, -0.15) is 0 Å². The standard InChI is InChI=1S/C23H24Cl2N4O2/c1-28(2)11-12-31-27-22(15-3-5-16(24)6-4-15)23(30)29-10-9-18-19-13-17(25)7-8-20(19)26-21(18)14-29/h3-8,13,26H,9-12,14H2,1-2H3/b27-22+. The van der Waals surface area contributed by atoms with Gasteiger partial charge >= 0.3 is 0 Å². The van der Waals surface area contributed by atoms with Crippen molar-refractivity contribution in [2.45, 2.75) is 13.0 Å². The lowest BCUT2D eigenvalue weighted by atomic mass is 10.0. The molecule has 4 rings (SSSR count). The van der Waals surface area contributed by atoms with Crippen molar-refractivity contribution < 1.29 is 9.63 Å². The number of nitrogens with one attached hydrogen (secondary N) is 1. The van der Waals surface area contributed by atoms with Crippen molar-refractivity contribution in [3.05, 3.63) is 69.3 Å². The maximum absolute atomic E-state index is 13.4. The zero-order chi connectivity index (χ0) is 22.0. The fourth-order valence-corrected chi connectivity index (χ4v) is 3.99. The lowest BCUT2D eigenvalue weighted by molar-refractivity contribution is -0.125. The average Bonchev–Trinajstić information content (AvgIpc) is 3.11. The minimum Gasteiger partial charge on any atom is -0.394 e. The van der Waals surface area contributed by atoms with Gasteiger partial charge in [0.1, 0.15) is 6.61 Å². The molecule has 1 aliphatic heterocycles. The molecular weight excluding hydrogens is 435 g/mol. The first-order chi connectivity index (χ1) is 14.9. The number of likely N-dealkylation sites (N-methyl/N-ethyl adjacent to an activating group) is 1. The highest BCUT2D eigenvalue weighted by Crippen LogP contribution is 2.30. The topological polar surface area (TPSA) is 60.9 Å². The van der Waals surface area contributed by atoms with Gasteiger partial charge in [0, 0.05) is 45.3 Å². The van der Waals surface area contributed by atoms with Crippen LogP contribution in [0.3, 0.4) is 0 Å². The van der Waals surface area contributed by atoms with E-state index in [9.17, 15) is 4.79 Å². The third kappa shape index (κ3) is 4.87. The Morgan fingerprint density at radius 3 is 2.65 bits per heavy atom. The van der Waals surface area contributed by atoms with Crippen molar-refractivity contribution in [2.24, 2.45) is 5.16 Å². The Hall–Kier alpha value is -2.54. The Kier molecular flexibility index (Phi) is 6.51. The first-order valence-corrected chi connectivity index (χ1v) is 10.9. The molecule has 0 spiro atoms. The van der Waals surface area contributed by atoms with Crippen LogP contribution in [0.2, 0.25) is 10.0 Å². The summed E-state index contributed by atoms with van der Waals surface area (Å²) in [4.78, 5) is 26.1. The lowest BCUT2D eigenvalue weighted by Gasteiger charge is -2.27. The molecule has 6 nitrogen and oxygen atoms in total. The molecule has 0 saturated heterocycles. The first kappa shape index (κ1) is 21.7. The molecule has 8 heteroatoms. The molecule has 31 heavy (non-hydrogen) atoms. The predicted octanol–water partition coefficient (Wildman–Crippen LogP) is 4.34. The highest BCUT2D eigenvalue weighted by atomic mass is 35.5. The summed E-state index contributed by atoms with van der Waals surface area (Å²) < 4.78 is 0. The molecule has 0 saturated carbocycles. The van der Waals surface area contributed by atoms with Gasteiger partial charge in [0.25, 0.3) is 5.91 Å². The number of halogens is 2. The van der Waals surface area contributed by atoms with Crippen LogP contribution in [0.25, 0.3) is 10.9 Å². The highest BCUT2D eigenvalue weighted by molar-refractivity contribution is 6.45. The first-order valence-electron chi connectivity index (χ1n) is 10.1. The second-order valence-electron chi connectivity index (χ2n) is 7.83. The Morgan fingerprint density at radius 1 is 1.16 bits per heavy atom. The summed E-state index contributed by atoms with van der Waals surface area (Å²) in [6.45, 7) is 2.17. The normalized spacial score (nSPS) is 14.2. The monoisotopic (exact) mass is 458 g/mol. The zero-order valence-corrected chi connectivity index (χ0v) is 19.0. The molecule has 0 bridgehead atoms. The number of oxime groups is 1. The van der Waals surface area contributed by atoms with E-state index in [4.69, 9.17) is 28.0 Å². The second kappa shape index (κ2) is 9.30. The third-order valence-corrected chi connectivity index (χ3v) is 5.82. The van der Waals surface area contributed by atoms with Crippen molar-refractivity contribution in [1.29, 1.82) is 0 Å². The fourth-order valence-electron chi connectivity index (χ4n) is 3.69. The van der Waals surface area contributed by atoms with Gasteiger partial charge in [0.05, 0.1) is 6.54 Å². The second-order valence-corrected chi connectivity index (χ2v) is 8.70. The number of benzene rings is 2. The number of carbonyl (C=O) groups excluding carboxylic acids is 1. The Morgan fingerprint density at radius 2 is 1.90 bits per heavy atom. The molecule has 1 amide bonds. The summed E-state index contributed by atoms with van der Waals surface area (Å²) in [5.41, 5.74) is 4.23. The van der Waals surface area contributed by atoms with E-state index < -0.39 is 0 Å². The smallest absolute Gasteiger partial charge is 0.276 e. The molecule has 1 aliphatic rings. The van der Waals surface area contributed by atoms with Gasteiger partial charge in [-0.05, 0) is 56.4 Å². The van der Waals surface area contributed by atoms with E-state index in [-0.39, 0.29) is 11.6 Å². The van der Waals surface area contributed by atoms with Gasteiger partial charge in [-0.1, -0.05) is 40.5 Å². The zero-order valence-electron chi connectivity index (χ0n) is 17.5. The molecule has 1 N–H and O–H groups in total. The van der Waals surface area contributed by atoms with E-state index in [0.29, 0.717) is 41.8 Å². The van der Waals surface area contributed by atoms with E-state index >= 15 is 0 Å². The number of aromatic amines is 1. The fraction of sp³-hybridized carbons (Fsp3) is 0.304. The summed E-state index contributed by atoms with van der Waals surface area (Å²) >= 11 is 12.2. The van der Waals surface area contributed by atoms with E-state index in [1.54, 1.807) is 29.2 Å². The average molecular weight is 459 g/mol. The van der Waals surface area contributed by atoms with Crippen molar-refractivity contribution in [3.8, 4) is 0 Å². The SMILES string of the molecule is CN(C)CCO/N=C(/C(=O)N1CCc2c([nH]c3ccc(Cl)cc23)C1)c1ccc(Cl)cc1. The number of aromatic nitrogens is 1. The van der Waals surface area contributed by atoms with Crippen LogP contribution in [0.15, 0.2) is 47.6 Å². The minimum atomic E-state index is -0.172. The van der Waals surface area contributed by atoms with Gasteiger partial charge in [0.2, 0.25) is 0 Å². The van der Waals surface area contributed by atoms with Crippen LogP contribution in [-0.4, -0.2) is 60.2 Å². The summed E-state index contributed by atoms with van der Waals surface area (Å²) in [5.74, 6) is -0.172. The van der Waals surface area contributed by atoms with Crippen molar-refractivity contribution in [1.82, 2.24) is 14.8 Å². The molecule has 0 aliphatic carbocycles. The number of hydrogen-bond acceptors (Lipinski definition) is 4. The summed E-state index contributed by atoms with van der Waals surface area (Å²) in [7, 11) is 3.91. The summed E-state index contributed by atoms with van der Waals surface area (Å²) in [6, 6.07) is 12.9. The number of fused-ring (bicyclic) bond motifs is 3. The predicted molar refractivity (Wildman–Crippen MR) is 125 cm³/mol. The lowest BCUT2D eigenvalue weighted by Crippen LogP contribution is -2.40. The maximum atomic E-state index is 13.4. The Labute approximate surface area is 191 Å². The number of H-pyrrole nitrogens is 1. The van der Waals surface area contributed by atoms with E-state index in [1.807, 2.05) is 37.2 Å². The molecule has 2 heterocycles. The van der Waals surface area contributed by atoms with Gasteiger partial charge in [-0.3, -0.25) is 4.79 Å². The Bertz CT molecular complexity index is 1120. The Balaban J connectivity index is 1.58. The molecule has 162 valence electrons. The highest BCUT2D eigenvalue weighted by Gasteiger charge is 2.28. The van der Waals surface area contributed by atoms with Crippen LogP contribution < -0.4 is 0 Å². The van der Waals surface area contributed by atoms with Gasteiger partial charge in [-0.15, -0.1) is 0 Å². The van der Waals surface area contributed by atoms with E-state index in [1.165, 1.54) is 5.56 Å². The van der Waals surface area contributed by atoms with Gasteiger partial charge < -0.3 is 19.6 Å². The molecule has 0 unspecified atom stereocenters. The molecular formula is C23H24Cl2N4O2. The quantitative estimate of drug-likeness (QED) is 0.339. The van der Waals surface area contributed by atoms with Crippen LogP contribution in [-0.2, 0) is 22.6 Å². The number of carbonyl (C=O) groups is 1. The maximum Gasteiger partial charge on any atom is 0.276 e. The van der Waals surface area contributed by atoms with Gasteiger partial charge in [-0.25, -0.2) is 0 Å². The third-order valence-electron chi connectivity index (χ3n) is 5.33. The van der Waals surface area contributed by atoms with Crippen LogP contribution in [0, 0.1) is 0 Å². The van der Waals surface area contributed by atoms with Crippen molar-refractivity contribution in [2.75, 3.05) is 33.8 Å². The van der Waals surface area contributed by atoms with Crippen LogP contribution in [0.4, 0.5) is 0 Å².